The highest BCUT2D eigenvalue weighted by molar-refractivity contribution is 9.11. The quantitative estimate of drug-likeness (QED) is 0.840. The minimum absolute atomic E-state index is 0.0509. The number of rotatable bonds is 2. The van der Waals surface area contributed by atoms with Crippen molar-refractivity contribution in [3.63, 3.8) is 0 Å². The van der Waals surface area contributed by atoms with Crippen LogP contribution in [0.5, 0.6) is 0 Å². The van der Waals surface area contributed by atoms with E-state index in [9.17, 15) is 4.79 Å². The molecule has 1 aromatic heterocycles. The van der Waals surface area contributed by atoms with Crippen molar-refractivity contribution in [3.05, 3.63) is 61.4 Å². The Morgan fingerprint density at radius 3 is 2.47 bits per heavy atom. The number of nitrogens with two attached hydrogens (primary N) is 1. The number of benzene rings is 1. The first kappa shape index (κ1) is 12.4. The van der Waals surface area contributed by atoms with E-state index in [0.717, 1.165) is 15.7 Å². The Balaban J connectivity index is 2.36. The van der Waals surface area contributed by atoms with E-state index in [1.807, 2.05) is 24.3 Å². The molecule has 0 aliphatic carbocycles. The molecule has 2 N–H and O–H groups in total. The van der Waals surface area contributed by atoms with Gasteiger partial charge in [0, 0.05) is 16.4 Å². The summed E-state index contributed by atoms with van der Waals surface area (Å²) >= 11 is 6.60. The summed E-state index contributed by atoms with van der Waals surface area (Å²) < 4.78 is 3.04. The normalized spacial score (nSPS) is 10.5. The summed E-state index contributed by atoms with van der Waals surface area (Å²) in [6.45, 7) is 0.525. The number of nitrogens with zero attached hydrogens (tertiary/aromatic N) is 1. The zero-order valence-electron chi connectivity index (χ0n) is 8.86. The van der Waals surface area contributed by atoms with Gasteiger partial charge in [-0.2, -0.15) is 0 Å². The van der Waals surface area contributed by atoms with Gasteiger partial charge in [-0.05, 0) is 55.6 Å². The van der Waals surface area contributed by atoms with Crippen LogP contribution in [-0.2, 0) is 6.54 Å². The van der Waals surface area contributed by atoms with Crippen molar-refractivity contribution in [1.82, 2.24) is 4.57 Å². The smallest absolute Gasteiger partial charge is 0.265 e. The van der Waals surface area contributed by atoms with Gasteiger partial charge in [0.15, 0.2) is 0 Å². The minimum Gasteiger partial charge on any atom is -0.399 e. The molecule has 17 heavy (non-hydrogen) atoms. The molecule has 1 aromatic carbocycles. The fraction of sp³-hybridized carbons (Fsp3) is 0.0833. The molecule has 0 bridgehead atoms. The first-order chi connectivity index (χ1) is 8.06. The van der Waals surface area contributed by atoms with Crippen LogP contribution in [0.1, 0.15) is 5.56 Å². The Morgan fingerprint density at radius 2 is 1.82 bits per heavy atom. The van der Waals surface area contributed by atoms with Gasteiger partial charge in [-0.15, -0.1) is 0 Å². The van der Waals surface area contributed by atoms with Crippen molar-refractivity contribution in [1.29, 1.82) is 0 Å². The second-order valence-electron chi connectivity index (χ2n) is 3.68. The molecular formula is C12H10Br2N2O. The lowest BCUT2D eigenvalue weighted by molar-refractivity contribution is 0.752. The maximum Gasteiger partial charge on any atom is 0.265 e. The first-order valence-corrected chi connectivity index (χ1v) is 6.55. The van der Waals surface area contributed by atoms with E-state index in [2.05, 4.69) is 31.9 Å². The molecule has 88 valence electrons. The van der Waals surface area contributed by atoms with E-state index in [1.165, 1.54) is 0 Å². The number of nitrogen functional groups attached to an aromatic ring is 1. The number of halogens is 2. The van der Waals surface area contributed by atoms with Gasteiger partial charge in [0.2, 0.25) is 0 Å². The molecule has 2 rings (SSSR count). The Hall–Kier alpha value is -1.07. The highest BCUT2D eigenvalue weighted by Crippen LogP contribution is 2.14. The van der Waals surface area contributed by atoms with E-state index in [0.29, 0.717) is 11.0 Å². The lowest BCUT2D eigenvalue weighted by atomic mass is 10.2. The molecule has 0 saturated carbocycles. The lowest BCUT2D eigenvalue weighted by Crippen LogP contribution is -2.20. The topological polar surface area (TPSA) is 48.0 Å². The first-order valence-electron chi connectivity index (χ1n) is 4.96. The van der Waals surface area contributed by atoms with Crippen LogP contribution in [0.25, 0.3) is 0 Å². The average molecular weight is 358 g/mol. The van der Waals surface area contributed by atoms with Crippen molar-refractivity contribution >= 4 is 37.5 Å². The van der Waals surface area contributed by atoms with Crippen LogP contribution in [-0.4, -0.2) is 4.57 Å². The van der Waals surface area contributed by atoms with E-state index < -0.39 is 0 Å². The number of anilines is 1. The van der Waals surface area contributed by atoms with Crippen molar-refractivity contribution in [3.8, 4) is 0 Å². The molecular weight excluding hydrogens is 348 g/mol. The predicted octanol–water partition coefficient (Wildman–Crippen LogP) is 3.00. The molecule has 0 fully saturated rings. The average Bonchev–Trinajstić information content (AvgIpc) is 2.28. The third kappa shape index (κ3) is 2.98. The second kappa shape index (κ2) is 5.06. The van der Waals surface area contributed by atoms with Gasteiger partial charge < -0.3 is 10.3 Å². The predicted molar refractivity (Wildman–Crippen MR) is 76.1 cm³/mol. The summed E-state index contributed by atoms with van der Waals surface area (Å²) in [5.74, 6) is 0. The molecule has 0 atom stereocenters. The fourth-order valence-electron chi connectivity index (χ4n) is 1.50. The molecule has 0 spiro atoms. The van der Waals surface area contributed by atoms with Crippen LogP contribution in [0.2, 0.25) is 0 Å². The van der Waals surface area contributed by atoms with Crippen LogP contribution >= 0.6 is 31.9 Å². The number of hydrogen-bond donors (Lipinski definition) is 1. The van der Waals surface area contributed by atoms with Gasteiger partial charge in [0.25, 0.3) is 5.56 Å². The van der Waals surface area contributed by atoms with Gasteiger partial charge in [-0.25, -0.2) is 0 Å². The number of aromatic nitrogens is 1. The molecule has 1 heterocycles. The van der Waals surface area contributed by atoms with Crippen molar-refractivity contribution < 1.29 is 0 Å². The van der Waals surface area contributed by atoms with Crippen LogP contribution in [0.15, 0.2) is 50.3 Å². The van der Waals surface area contributed by atoms with Crippen LogP contribution in [0, 0.1) is 0 Å². The number of hydrogen-bond acceptors (Lipinski definition) is 2. The van der Waals surface area contributed by atoms with Crippen molar-refractivity contribution in [2.24, 2.45) is 0 Å². The maximum absolute atomic E-state index is 11.9. The van der Waals surface area contributed by atoms with Crippen molar-refractivity contribution in [2.75, 3.05) is 5.73 Å². The van der Waals surface area contributed by atoms with Gasteiger partial charge >= 0.3 is 0 Å². The summed E-state index contributed by atoms with van der Waals surface area (Å²) in [5.41, 5.74) is 7.32. The van der Waals surface area contributed by atoms with Gasteiger partial charge in [-0.3, -0.25) is 4.79 Å². The minimum atomic E-state index is -0.0509. The summed E-state index contributed by atoms with van der Waals surface area (Å²) in [4.78, 5) is 11.9. The standard InChI is InChI=1S/C12H10Br2N2O/c13-9-5-11(14)12(17)16(7-9)6-8-1-3-10(15)4-2-8/h1-5,7H,6,15H2. The maximum atomic E-state index is 11.9. The Labute approximate surface area is 116 Å². The molecule has 0 radical (unpaired) electrons. The summed E-state index contributed by atoms with van der Waals surface area (Å²) in [6, 6.07) is 9.22. The van der Waals surface area contributed by atoms with E-state index in [-0.39, 0.29) is 5.56 Å². The Bertz CT molecular complexity index is 590. The molecule has 2 aromatic rings. The largest absolute Gasteiger partial charge is 0.399 e. The molecule has 0 amide bonds. The Kier molecular flexibility index (Phi) is 3.69. The molecule has 0 aliphatic rings. The highest BCUT2D eigenvalue weighted by Gasteiger charge is 2.03. The highest BCUT2D eigenvalue weighted by atomic mass is 79.9. The van der Waals surface area contributed by atoms with Crippen molar-refractivity contribution in [2.45, 2.75) is 6.54 Å². The van der Waals surface area contributed by atoms with Gasteiger partial charge in [0.1, 0.15) is 0 Å². The fourth-order valence-corrected chi connectivity index (χ4v) is 2.76. The van der Waals surface area contributed by atoms with Crippen LogP contribution < -0.4 is 11.3 Å². The lowest BCUT2D eigenvalue weighted by Gasteiger charge is -2.07. The molecule has 5 heteroatoms. The third-order valence-corrected chi connectivity index (χ3v) is 3.34. The SMILES string of the molecule is Nc1ccc(Cn2cc(Br)cc(Br)c2=O)cc1. The van der Waals surface area contributed by atoms with Gasteiger partial charge in [-0.1, -0.05) is 12.1 Å². The zero-order chi connectivity index (χ0) is 12.4. The monoisotopic (exact) mass is 356 g/mol. The van der Waals surface area contributed by atoms with E-state index in [4.69, 9.17) is 5.73 Å². The summed E-state index contributed by atoms with van der Waals surface area (Å²) in [7, 11) is 0. The third-order valence-electron chi connectivity index (χ3n) is 2.34. The van der Waals surface area contributed by atoms with Crippen LogP contribution in [0.3, 0.4) is 0 Å². The van der Waals surface area contributed by atoms with Gasteiger partial charge in [0.05, 0.1) is 11.0 Å². The molecule has 0 aliphatic heterocycles. The molecule has 3 nitrogen and oxygen atoms in total. The Morgan fingerprint density at radius 1 is 1.18 bits per heavy atom. The van der Waals surface area contributed by atoms with E-state index >= 15 is 0 Å². The van der Waals surface area contributed by atoms with Crippen LogP contribution in [0.4, 0.5) is 5.69 Å². The summed E-state index contributed by atoms with van der Waals surface area (Å²) in [5, 5.41) is 0. The zero-order valence-corrected chi connectivity index (χ0v) is 12.0. The summed E-state index contributed by atoms with van der Waals surface area (Å²) in [6.07, 6.45) is 1.77. The molecule has 0 saturated heterocycles. The molecule has 0 unspecified atom stereocenters. The number of pyridine rings is 1. The second-order valence-corrected chi connectivity index (χ2v) is 5.45. The van der Waals surface area contributed by atoms with E-state index in [1.54, 1.807) is 16.8 Å².